The summed E-state index contributed by atoms with van der Waals surface area (Å²) >= 11 is 0. The average molecular weight is 341 g/mol. The molecule has 1 fully saturated rings. The van der Waals surface area contributed by atoms with Gasteiger partial charge in [-0.25, -0.2) is 0 Å². The molecular weight excluding hydrogens is 312 g/mol. The summed E-state index contributed by atoms with van der Waals surface area (Å²) in [5, 5.41) is 0. The fraction of sp³-hybridized carbons (Fsp3) is 0.611. The van der Waals surface area contributed by atoms with Crippen molar-refractivity contribution in [2.45, 2.75) is 58.1 Å². The average Bonchev–Trinajstić information content (AvgIpc) is 2.94. The Balaban J connectivity index is 0.00000264. The lowest BCUT2D eigenvalue weighted by Gasteiger charge is -2.27. The number of hydrogen-bond acceptors (Lipinski definition) is 3. The molecule has 5 heteroatoms. The third-order valence-electron chi connectivity index (χ3n) is 4.31. The number of ether oxygens (including phenoxy) is 1. The van der Waals surface area contributed by atoms with Gasteiger partial charge < -0.3 is 15.4 Å². The maximum absolute atomic E-state index is 12.5. The Morgan fingerprint density at radius 3 is 2.48 bits per heavy atom. The molecule has 0 bridgehead atoms. The lowest BCUT2D eigenvalue weighted by molar-refractivity contribution is -0.138. The summed E-state index contributed by atoms with van der Waals surface area (Å²) in [5.41, 5.74) is 7.10. The molecule has 2 rings (SSSR count). The summed E-state index contributed by atoms with van der Waals surface area (Å²) in [7, 11) is 0. The molecule has 1 aliphatic heterocycles. The van der Waals surface area contributed by atoms with Crippen LogP contribution in [-0.4, -0.2) is 36.0 Å². The minimum atomic E-state index is -0.479. The molecule has 1 aromatic rings. The van der Waals surface area contributed by atoms with Gasteiger partial charge in [-0.15, -0.1) is 12.4 Å². The number of carbonyl (C=O) groups is 1. The second kappa shape index (κ2) is 8.02. The number of rotatable bonds is 4. The minimum Gasteiger partial charge on any atom is -0.481 e. The first kappa shape index (κ1) is 19.8. The molecule has 1 aromatic carbocycles. The van der Waals surface area contributed by atoms with Crippen LogP contribution >= 0.6 is 12.4 Å². The van der Waals surface area contributed by atoms with Gasteiger partial charge in [0.2, 0.25) is 0 Å². The van der Waals surface area contributed by atoms with Gasteiger partial charge in [-0.05, 0) is 42.9 Å². The molecule has 0 aromatic heterocycles. The van der Waals surface area contributed by atoms with Crippen molar-refractivity contribution < 1.29 is 9.53 Å². The van der Waals surface area contributed by atoms with E-state index in [1.807, 2.05) is 24.0 Å². The van der Waals surface area contributed by atoms with Crippen LogP contribution in [-0.2, 0) is 10.2 Å². The first-order chi connectivity index (χ1) is 10.3. The lowest BCUT2D eigenvalue weighted by Crippen LogP contribution is -2.45. The summed E-state index contributed by atoms with van der Waals surface area (Å²) < 4.78 is 5.82. The van der Waals surface area contributed by atoms with Crippen molar-refractivity contribution in [3.63, 3.8) is 0 Å². The predicted molar refractivity (Wildman–Crippen MR) is 96.3 cm³/mol. The van der Waals surface area contributed by atoms with E-state index in [4.69, 9.17) is 10.5 Å². The fourth-order valence-corrected chi connectivity index (χ4v) is 2.89. The van der Waals surface area contributed by atoms with Crippen LogP contribution in [0, 0.1) is 0 Å². The molecule has 1 saturated heterocycles. The van der Waals surface area contributed by atoms with Crippen LogP contribution in [0.15, 0.2) is 24.3 Å². The van der Waals surface area contributed by atoms with Crippen LogP contribution in [0.3, 0.4) is 0 Å². The number of hydrogen-bond donors (Lipinski definition) is 1. The van der Waals surface area contributed by atoms with Crippen LogP contribution in [0.4, 0.5) is 0 Å². The molecule has 130 valence electrons. The van der Waals surface area contributed by atoms with Gasteiger partial charge in [0.1, 0.15) is 5.75 Å². The van der Waals surface area contributed by atoms with Crippen molar-refractivity contribution in [1.29, 1.82) is 0 Å². The highest BCUT2D eigenvalue weighted by Gasteiger charge is 2.31. The van der Waals surface area contributed by atoms with Crippen LogP contribution in [0.5, 0.6) is 5.75 Å². The van der Waals surface area contributed by atoms with Gasteiger partial charge in [0.25, 0.3) is 5.91 Å². The number of amides is 1. The van der Waals surface area contributed by atoms with Gasteiger partial charge in [-0.1, -0.05) is 32.9 Å². The monoisotopic (exact) mass is 340 g/mol. The topological polar surface area (TPSA) is 55.6 Å². The van der Waals surface area contributed by atoms with Crippen LogP contribution in [0.2, 0.25) is 0 Å². The Morgan fingerprint density at radius 1 is 1.35 bits per heavy atom. The Morgan fingerprint density at radius 2 is 1.96 bits per heavy atom. The Kier molecular flexibility index (Phi) is 6.90. The summed E-state index contributed by atoms with van der Waals surface area (Å²) in [6.45, 7) is 9.65. The second-order valence-corrected chi connectivity index (χ2v) is 7.10. The van der Waals surface area contributed by atoms with Crippen molar-refractivity contribution in [3.05, 3.63) is 29.8 Å². The van der Waals surface area contributed by atoms with E-state index < -0.39 is 6.10 Å². The zero-order valence-corrected chi connectivity index (χ0v) is 15.4. The van der Waals surface area contributed by atoms with E-state index in [0.29, 0.717) is 6.54 Å². The van der Waals surface area contributed by atoms with Crippen molar-refractivity contribution in [3.8, 4) is 5.75 Å². The summed E-state index contributed by atoms with van der Waals surface area (Å²) in [4.78, 5) is 14.4. The standard InChI is InChI=1S/C18H28N2O2.ClH/c1-13(17(21)20-11-5-6-15(20)12-19)22-16-9-7-14(8-10-16)18(2,3)4;/h7-10,13,15H,5-6,11-12,19H2,1-4H3;1H. The maximum Gasteiger partial charge on any atom is 0.263 e. The zero-order valence-electron chi connectivity index (χ0n) is 14.5. The van der Waals surface area contributed by atoms with Crippen molar-refractivity contribution in [2.24, 2.45) is 5.73 Å². The highest BCUT2D eigenvalue weighted by atomic mass is 35.5. The molecule has 23 heavy (non-hydrogen) atoms. The predicted octanol–water partition coefficient (Wildman–Crippen LogP) is 3.12. The quantitative estimate of drug-likeness (QED) is 0.916. The molecule has 0 radical (unpaired) electrons. The van der Waals surface area contributed by atoms with Gasteiger partial charge in [-0.3, -0.25) is 4.79 Å². The minimum absolute atomic E-state index is 0. The van der Waals surface area contributed by atoms with E-state index in [1.54, 1.807) is 0 Å². The number of carbonyl (C=O) groups excluding carboxylic acids is 1. The van der Waals surface area contributed by atoms with Crippen molar-refractivity contribution in [1.82, 2.24) is 4.90 Å². The SMILES string of the molecule is CC(Oc1ccc(C(C)(C)C)cc1)C(=O)N1CCCC1CN.Cl. The molecule has 1 heterocycles. The van der Waals surface area contributed by atoms with Gasteiger partial charge in [0, 0.05) is 19.1 Å². The normalized spacial score (nSPS) is 19.2. The number of halogens is 1. The number of likely N-dealkylation sites (tertiary alicyclic amines) is 1. The van der Waals surface area contributed by atoms with Gasteiger partial charge in [-0.2, -0.15) is 0 Å². The Hall–Kier alpha value is -1.26. The number of benzene rings is 1. The van der Waals surface area contributed by atoms with E-state index in [2.05, 4.69) is 32.9 Å². The molecule has 2 atom stereocenters. The molecule has 4 nitrogen and oxygen atoms in total. The summed E-state index contributed by atoms with van der Waals surface area (Å²) in [6, 6.07) is 8.17. The number of nitrogens with two attached hydrogens (primary N) is 1. The molecule has 2 unspecified atom stereocenters. The summed E-state index contributed by atoms with van der Waals surface area (Å²) in [6.07, 6.45) is 1.54. The molecule has 0 aliphatic carbocycles. The van der Waals surface area contributed by atoms with Crippen molar-refractivity contribution >= 4 is 18.3 Å². The van der Waals surface area contributed by atoms with E-state index in [-0.39, 0.29) is 29.8 Å². The van der Waals surface area contributed by atoms with E-state index in [9.17, 15) is 4.79 Å². The Labute approximate surface area is 145 Å². The molecule has 0 saturated carbocycles. The fourth-order valence-electron chi connectivity index (χ4n) is 2.89. The summed E-state index contributed by atoms with van der Waals surface area (Å²) in [5.74, 6) is 0.769. The van der Waals surface area contributed by atoms with Gasteiger partial charge in [0.05, 0.1) is 0 Å². The number of nitrogens with zero attached hydrogens (tertiary/aromatic N) is 1. The highest BCUT2D eigenvalue weighted by molar-refractivity contribution is 5.85. The first-order valence-corrected chi connectivity index (χ1v) is 8.10. The van der Waals surface area contributed by atoms with E-state index in [1.165, 1.54) is 5.56 Å². The highest BCUT2D eigenvalue weighted by Crippen LogP contribution is 2.25. The largest absolute Gasteiger partial charge is 0.481 e. The van der Waals surface area contributed by atoms with Crippen LogP contribution in [0.1, 0.15) is 46.1 Å². The third-order valence-corrected chi connectivity index (χ3v) is 4.31. The first-order valence-electron chi connectivity index (χ1n) is 8.10. The van der Waals surface area contributed by atoms with Crippen LogP contribution < -0.4 is 10.5 Å². The Bertz CT molecular complexity index is 511. The molecule has 1 aliphatic rings. The van der Waals surface area contributed by atoms with Crippen molar-refractivity contribution in [2.75, 3.05) is 13.1 Å². The molecule has 2 N–H and O–H groups in total. The third kappa shape index (κ3) is 4.85. The maximum atomic E-state index is 12.5. The zero-order chi connectivity index (χ0) is 16.3. The van der Waals surface area contributed by atoms with Gasteiger partial charge >= 0.3 is 0 Å². The smallest absolute Gasteiger partial charge is 0.263 e. The lowest BCUT2D eigenvalue weighted by atomic mass is 9.87. The molecule has 0 spiro atoms. The molecule has 1 amide bonds. The second-order valence-electron chi connectivity index (χ2n) is 7.10. The van der Waals surface area contributed by atoms with E-state index >= 15 is 0 Å². The molecular formula is C18H29ClN2O2. The van der Waals surface area contributed by atoms with E-state index in [0.717, 1.165) is 25.1 Å². The van der Waals surface area contributed by atoms with Crippen LogP contribution in [0.25, 0.3) is 0 Å². The van der Waals surface area contributed by atoms with Gasteiger partial charge in [0.15, 0.2) is 6.10 Å².